The van der Waals surface area contributed by atoms with Crippen LogP contribution in [0.25, 0.3) is 0 Å². The van der Waals surface area contributed by atoms with Crippen LogP contribution in [0.2, 0.25) is 0 Å². The molecule has 0 unspecified atom stereocenters. The van der Waals surface area contributed by atoms with Crippen molar-refractivity contribution in [3.8, 4) is 6.07 Å². The highest BCUT2D eigenvalue weighted by Gasteiger charge is 2.27. The van der Waals surface area contributed by atoms with Gasteiger partial charge in [0.1, 0.15) is 0 Å². The maximum Gasteiger partial charge on any atom is 0.223 e. The third kappa shape index (κ3) is 3.80. The van der Waals surface area contributed by atoms with E-state index in [0.717, 1.165) is 24.9 Å². The predicted molar refractivity (Wildman–Crippen MR) is 87.1 cm³/mol. The third-order valence-electron chi connectivity index (χ3n) is 4.39. The Hall–Kier alpha value is -2.68. The van der Waals surface area contributed by atoms with Crippen molar-refractivity contribution in [2.75, 3.05) is 13.1 Å². The van der Waals surface area contributed by atoms with Crippen LogP contribution in [0.5, 0.6) is 0 Å². The lowest BCUT2D eigenvalue weighted by Gasteiger charge is -2.31. The summed E-state index contributed by atoms with van der Waals surface area (Å²) in [4.78, 5) is 18.7. The van der Waals surface area contributed by atoms with Gasteiger partial charge in [-0.05, 0) is 37.0 Å². The lowest BCUT2D eigenvalue weighted by atomic mass is 9.96. The van der Waals surface area contributed by atoms with Gasteiger partial charge in [-0.2, -0.15) is 10.2 Å². The highest BCUT2D eigenvalue weighted by atomic mass is 16.5. The molecule has 0 N–H and O–H groups in total. The lowest BCUT2D eigenvalue weighted by Crippen LogP contribution is -2.39. The van der Waals surface area contributed by atoms with Gasteiger partial charge in [0.25, 0.3) is 0 Å². The first kappa shape index (κ1) is 16.2. The first-order valence-electron chi connectivity index (χ1n) is 8.22. The van der Waals surface area contributed by atoms with E-state index in [2.05, 4.69) is 16.2 Å². The Labute approximate surface area is 141 Å². The van der Waals surface area contributed by atoms with E-state index in [4.69, 9.17) is 9.78 Å². The number of hydrogen-bond donors (Lipinski definition) is 0. The molecule has 6 heteroatoms. The van der Waals surface area contributed by atoms with E-state index in [9.17, 15) is 4.79 Å². The summed E-state index contributed by atoms with van der Waals surface area (Å²) < 4.78 is 5.05. The number of piperidine rings is 1. The van der Waals surface area contributed by atoms with Crippen LogP contribution in [-0.4, -0.2) is 34.0 Å². The molecule has 2 aromatic rings. The molecule has 1 fully saturated rings. The number of nitriles is 1. The number of carbonyl (C=O) groups is 1. The molecule has 0 radical (unpaired) electrons. The predicted octanol–water partition coefficient (Wildman–Crippen LogP) is 2.59. The largest absolute Gasteiger partial charge is 0.342 e. The Morgan fingerprint density at radius 2 is 2.21 bits per heavy atom. The van der Waals surface area contributed by atoms with Crippen molar-refractivity contribution in [3.63, 3.8) is 0 Å². The summed E-state index contributed by atoms with van der Waals surface area (Å²) in [6, 6.07) is 9.49. The standard InChI is InChI=1S/C18H20N4O2/c1-13-20-18(21-24-13)16-3-2-10-22(12-16)17(23)9-8-14-4-6-15(11-19)7-5-14/h4-7,16H,2-3,8-10,12H2,1H3/t16-/m1/s1. The molecule has 1 amide bonds. The van der Waals surface area contributed by atoms with E-state index in [1.807, 2.05) is 17.0 Å². The van der Waals surface area contributed by atoms with Crippen molar-refractivity contribution in [3.05, 3.63) is 47.1 Å². The average molecular weight is 324 g/mol. The number of nitrogens with zero attached hydrogens (tertiary/aromatic N) is 4. The van der Waals surface area contributed by atoms with Crippen molar-refractivity contribution in [1.29, 1.82) is 5.26 Å². The van der Waals surface area contributed by atoms with E-state index in [0.29, 0.717) is 36.7 Å². The van der Waals surface area contributed by atoms with Crippen LogP contribution in [0.3, 0.4) is 0 Å². The second kappa shape index (κ2) is 7.26. The molecule has 0 bridgehead atoms. The van der Waals surface area contributed by atoms with Gasteiger partial charge < -0.3 is 9.42 Å². The molecule has 0 saturated carbocycles. The Morgan fingerprint density at radius 3 is 2.88 bits per heavy atom. The van der Waals surface area contributed by atoms with Crippen LogP contribution < -0.4 is 0 Å². The summed E-state index contributed by atoms with van der Waals surface area (Å²) in [5.41, 5.74) is 1.71. The summed E-state index contributed by atoms with van der Waals surface area (Å²) in [5.74, 6) is 1.59. The molecule has 6 nitrogen and oxygen atoms in total. The number of amides is 1. The van der Waals surface area contributed by atoms with Crippen molar-refractivity contribution < 1.29 is 9.32 Å². The van der Waals surface area contributed by atoms with Gasteiger partial charge in [0.2, 0.25) is 11.8 Å². The van der Waals surface area contributed by atoms with Crippen LogP contribution in [-0.2, 0) is 11.2 Å². The zero-order chi connectivity index (χ0) is 16.9. The summed E-state index contributed by atoms with van der Waals surface area (Å²) in [5, 5.41) is 12.8. The van der Waals surface area contributed by atoms with Crippen molar-refractivity contribution in [2.24, 2.45) is 0 Å². The molecule has 1 aliphatic heterocycles. The Morgan fingerprint density at radius 1 is 1.42 bits per heavy atom. The zero-order valence-electron chi connectivity index (χ0n) is 13.7. The Kier molecular flexibility index (Phi) is 4.90. The van der Waals surface area contributed by atoms with Gasteiger partial charge in [-0.1, -0.05) is 17.3 Å². The van der Waals surface area contributed by atoms with Gasteiger partial charge in [-0.3, -0.25) is 4.79 Å². The molecule has 1 atom stereocenters. The van der Waals surface area contributed by atoms with Crippen molar-refractivity contribution in [2.45, 2.75) is 38.5 Å². The fraction of sp³-hybridized carbons (Fsp3) is 0.444. The normalized spacial score (nSPS) is 17.5. The number of carbonyl (C=O) groups excluding carboxylic acids is 1. The molecule has 1 saturated heterocycles. The molecule has 0 aliphatic carbocycles. The number of aromatic nitrogens is 2. The molecule has 0 spiro atoms. The average Bonchev–Trinajstić information content (AvgIpc) is 3.06. The molecule has 124 valence electrons. The molecule has 1 aromatic heterocycles. The number of hydrogen-bond acceptors (Lipinski definition) is 5. The van der Waals surface area contributed by atoms with Gasteiger partial charge in [-0.15, -0.1) is 0 Å². The summed E-state index contributed by atoms with van der Waals surface area (Å²) in [7, 11) is 0. The molecule has 1 aromatic carbocycles. The highest BCUT2D eigenvalue weighted by molar-refractivity contribution is 5.76. The van der Waals surface area contributed by atoms with E-state index in [1.54, 1.807) is 19.1 Å². The quantitative estimate of drug-likeness (QED) is 0.863. The molecule has 1 aliphatic rings. The van der Waals surface area contributed by atoms with E-state index in [-0.39, 0.29) is 11.8 Å². The van der Waals surface area contributed by atoms with Crippen LogP contribution in [0.4, 0.5) is 0 Å². The first-order chi connectivity index (χ1) is 11.7. The van der Waals surface area contributed by atoms with Gasteiger partial charge in [0.15, 0.2) is 5.82 Å². The zero-order valence-corrected chi connectivity index (χ0v) is 13.7. The maximum absolute atomic E-state index is 12.5. The minimum Gasteiger partial charge on any atom is -0.342 e. The van der Waals surface area contributed by atoms with Crippen molar-refractivity contribution >= 4 is 5.91 Å². The minimum absolute atomic E-state index is 0.157. The minimum atomic E-state index is 0.157. The summed E-state index contributed by atoms with van der Waals surface area (Å²) >= 11 is 0. The third-order valence-corrected chi connectivity index (χ3v) is 4.39. The van der Waals surface area contributed by atoms with Crippen LogP contribution >= 0.6 is 0 Å². The number of aryl methyl sites for hydroxylation is 2. The van der Waals surface area contributed by atoms with Crippen LogP contribution in [0.15, 0.2) is 28.8 Å². The van der Waals surface area contributed by atoms with E-state index >= 15 is 0 Å². The fourth-order valence-electron chi connectivity index (χ4n) is 3.05. The first-order valence-corrected chi connectivity index (χ1v) is 8.22. The molecule has 24 heavy (non-hydrogen) atoms. The van der Waals surface area contributed by atoms with E-state index < -0.39 is 0 Å². The van der Waals surface area contributed by atoms with Gasteiger partial charge in [-0.25, -0.2) is 0 Å². The molecule has 3 rings (SSSR count). The SMILES string of the molecule is Cc1nc([C@@H]2CCCN(C(=O)CCc3ccc(C#N)cc3)C2)no1. The van der Waals surface area contributed by atoms with Gasteiger partial charge in [0.05, 0.1) is 11.6 Å². The number of benzene rings is 1. The van der Waals surface area contributed by atoms with Crippen LogP contribution in [0, 0.1) is 18.3 Å². The molecular weight excluding hydrogens is 304 g/mol. The van der Waals surface area contributed by atoms with Crippen LogP contribution in [0.1, 0.15) is 48.0 Å². The number of rotatable bonds is 4. The summed E-state index contributed by atoms with van der Waals surface area (Å²) in [6.45, 7) is 3.23. The second-order valence-electron chi connectivity index (χ2n) is 6.16. The number of likely N-dealkylation sites (tertiary alicyclic amines) is 1. The highest BCUT2D eigenvalue weighted by Crippen LogP contribution is 2.25. The monoisotopic (exact) mass is 324 g/mol. The lowest BCUT2D eigenvalue weighted by molar-refractivity contribution is -0.132. The molecular formula is C18H20N4O2. The van der Waals surface area contributed by atoms with Crippen molar-refractivity contribution in [1.82, 2.24) is 15.0 Å². The van der Waals surface area contributed by atoms with Gasteiger partial charge in [0, 0.05) is 32.4 Å². The summed E-state index contributed by atoms with van der Waals surface area (Å²) in [6.07, 6.45) is 3.11. The molecule has 2 heterocycles. The fourth-order valence-corrected chi connectivity index (χ4v) is 3.05. The Balaban J connectivity index is 1.55. The Bertz CT molecular complexity index is 745. The van der Waals surface area contributed by atoms with E-state index in [1.165, 1.54) is 0 Å². The maximum atomic E-state index is 12.5. The smallest absolute Gasteiger partial charge is 0.223 e. The topological polar surface area (TPSA) is 83.0 Å². The van der Waals surface area contributed by atoms with Gasteiger partial charge >= 0.3 is 0 Å². The second-order valence-corrected chi connectivity index (χ2v) is 6.16.